The Kier molecular flexibility index (Phi) is 9.78. The molecule has 70 heavy (non-hydrogen) atoms. The number of aryl methyl sites for hydroxylation is 3. The third-order valence-electron chi connectivity index (χ3n) is 15.0. The van der Waals surface area contributed by atoms with Gasteiger partial charge in [-0.3, -0.25) is 0 Å². The lowest BCUT2D eigenvalue weighted by atomic mass is 9.70. The first-order valence-corrected chi connectivity index (χ1v) is 24.4. The molecule has 0 unspecified atom stereocenters. The summed E-state index contributed by atoms with van der Waals surface area (Å²) >= 11 is 0. The summed E-state index contributed by atoms with van der Waals surface area (Å²) in [5.41, 5.74) is 23.4. The highest BCUT2D eigenvalue weighted by Gasteiger charge is 2.52. The lowest BCUT2D eigenvalue weighted by molar-refractivity contribution is 0.794. The van der Waals surface area contributed by atoms with Gasteiger partial charge in [0, 0.05) is 27.7 Å². The summed E-state index contributed by atoms with van der Waals surface area (Å²) in [5.74, 6) is 0. The van der Waals surface area contributed by atoms with Crippen LogP contribution in [0.5, 0.6) is 0 Å². The number of fused-ring (bicyclic) bond motifs is 14. The maximum absolute atomic E-state index is 2.55. The van der Waals surface area contributed by atoms with Crippen molar-refractivity contribution in [2.45, 2.75) is 26.2 Å². The molecule has 0 N–H and O–H groups in total. The monoisotopic (exact) mass is 894 g/mol. The van der Waals surface area contributed by atoms with E-state index in [9.17, 15) is 0 Å². The Morgan fingerprint density at radius 1 is 0.357 bits per heavy atom. The summed E-state index contributed by atoms with van der Waals surface area (Å²) in [4.78, 5) is 2.55. The summed E-state index contributed by atoms with van der Waals surface area (Å²) in [6.07, 6.45) is 0. The van der Waals surface area contributed by atoms with Crippen LogP contribution < -0.4 is 4.90 Å². The molecule has 0 atom stereocenters. The summed E-state index contributed by atoms with van der Waals surface area (Å²) in [7, 11) is 0. The Balaban J connectivity index is 0.000000385. The highest BCUT2D eigenvalue weighted by molar-refractivity contribution is 6.15. The molecule has 1 heterocycles. The van der Waals surface area contributed by atoms with Crippen molar-refractivity contribution in [2.75, 3.05) is 4.90 Å². The second kappa shape index (κ2) is 16.5. The molecule has 0 bridgehead atoms. The predicted octanol–water partition coefficient (Wildman–Crippen LogP) is 18.0. The average Bonchev–Trinajstić information content (AvgIpc) is 4.02. The number of aromatic nitrogens is 1. The van der Waals surface area contributed by atoms with Crippen LogP contribution in [0.3, 0.4) is 0 Å². The Labute approximate surface area is 410 Å². The van der Waals surface area contributed by atoms with Gasteiger partial charge in [-0.05, 0) is 135 Å². The van der Waals surface area contributed by atoms with Crippen LogP contribution in [0.25, 0.3) is 71.6 Å². The van der Waals surface area contributed by atoms with Gasteiger partial charge in [0.15, 0.2) is 0 Å². The van der Waals surface area contributed by atoms with E-state index in [1.807, 2.05) is 0 Å². The molecule has 0 fully saturated rings. The van der Waals surface area contributed by atoms with Crippen LogP contribution in [-0.4, -0.2) is 4.57 Å². The van der Waals surface area contributed by atoms with E-state index in [0.717, 1.165) is 22.7 Å². The van der Waals surface area contributed by atoms with E-state index in [2.05, 4.69) is 279 Å². The van der Waals surface area contributed by atoms with Gasteiger partial charge in [-0.1, -0.05) is 212 Å². The first kappa shape index (κ1) is 41.5. The number of hydrogen-bond donors (Lipinski definition) is 0. The minimum Gasteiger partial charge on any atom is -0.308 e. The molecule has 2 aliphatic rings. The molecule has 2 nitrogen and oxygen atoms in total. The highest BCUT2D eigenvalue weighted by atomic mass is 15.2. The minimum absolute atomic E-state index is 0.448. The number of nitrogens with zero attached hydrogens (tertiary/aromatic N) is 2. The van der Waals surface area contributed by atoms with Crippen molar-refractivity contribution in [1.82, 2.24) is 4.57 Å². The number of benzene rings is 11. The van der Waals surface area contributed by atoms with E-state index < -0.39 is 5.41 Å². The fourth-order valence-electron chi connectivity index (χ4n) is 12.0. The summed E-state index contributed by atoms with van der Waals surface area (Å²) < 4.78 is 2.46. The molecule has 0 amide bonds. The number of hydrogen-bond acceptors (Lipinski definition) is 1. The van der Waals surface area contributed by atoms with Crippen molar-refractivity contribution in [3.05, 3.63) is 288 Å². The molecule has 0 saturated carbocycles. The molecular formula is C68H50N2. The molecule has 2 aliphatic carbocycles. The molecule has 2 heteroatoms. The van der Waals surface area contributed by atoms with Crippen molar-refractivity contribution in [1.29, 1.82) is 0 Å². The van der Waals surface area contributed by atoms with Gasteiger partial charge in [0.05, 0.1) is 27.8 Å². The van der Waals surface area contributed by atoms with Gasteiger partial charge < -0.3 is 9.47 Å². The maximum Gasteiger partial charge on any atom is 0.0782 e. The normalized spacial score (nSPS) is 12.6. The molecule has 0 radical (unpaired) electrons. The second-order valence-electron chi connectivity index (χ2n) is 18.9. The third-order valence-corrected chi connectivity index (χ3v) is 15.0. The molecule has 14 rings (SSSR count). The van der Waals surface area contributed by atoms with E-state index >= 15 is 0 Å². The van der Waals surface area contributed by atoms with Crippen molar-refractivity contribution in [2.24, 2.45) is 0 Å². The molecule has 12 aromatic rings. The van der Waals surface area contributed by atoms with Gasteiger partial charge in [0.25, 0.3) is 0 Å². The van der Waals surface area contributed by atoms with Crippen LogP contribution in [0.4, 0.5) is 17.1 Å². The standard InChI is InChI=1S/C57H40N2.C11H10/c1-37-18-6-7-21-41(37)42-35-34-40(36-38(42)2)58(54-33-16-26-46-45-24-11-15-31-52(45)59(56(46)54)39-19-4-3-5-20-39)53-32-17-30-51-55(53)47-25-10-14-29-50(47)57(51)48-27-12-8-22-43(48)44-23-9-13-28-49(44)57;1-9-6-7-10-4-2-3-5-11(10)8-9/h3-36H,1-2H3;2-8H,1H3. The topological polar surface area (TPSA) is 8.17 Å². The molecular weight excluding hydrogens is 845 g/mol. The fourth-order valence-corrected chi connectivity index (χ4v) is 12.0. The van der Waals surface area contributed by atoms with Gasteiger partial charge in [-0.2, -0.15) is 0 Å². The zero-order valence-electron chi connectivity index (χ0n) is 39.6. The molecule has 0 aliphatic heterocycles. The van der Waals surface area contributed by atoms with Crippen LogP contribution >= 0.6 is 0 Å². The average molecular weight is 895 g/mol. The van der Waals surface area contributed by atoms with Crippen LogP contribution in [0.2, 0.25) is 0 Å². The molecule has 332 valence electrons. The molecule has 11 aromatic carbocycles. The zero-order chi connectivity index (χ0) is 46.9. The van der Waals surface area contributed by atoms with E-state index in [-0.39, 0.29) is 0 Å². The third kappa shape index (κ3) is 6.26. The van der Waals surface area contributed by atoms with Crippen molar-refractivity contribution in [3.63, 3.8) is 0 Å². The van der Waals surface area contributed by atoms with Gasteiger partial charge in [0.2, 0.25) is 0 Å². The quantitative estimate of drug-likeness (QED) is 0.167. The lowest BCUT2D eigenvalue weighted by Crippen LogP contribution is -2.26. The second-order valence-corrected chi connectivity index (χ2v) is 18.9. The number of anilines is 3. The Bertz CT molecular complexity index is 3960. The van der Waals surface area contributed by atoms with E-state index in [0.29, 0.717) is 0 Å². The Hall–Kier alpha value is -8.72. The van der Waals surface area contributed by atoms with Gasteiger partial charge in [-0.15, -0.1) is 0 Å². The summed E-state index contributed by atoms with van der Waals surface area (Å²) in [5, 5.41) is 5.11. The van der Waals surface area contributed by atoms with E-state index in [4.69, 9.17) is 0 Å². The molecule has 1 spiro atoms. The summed E-state index contributed by atoms with van der Waals surface area (Å²) in [6.45, 7) is 6.58. The van der Waals surface area contributed by atoms with E-state index in [1.54, 1.807) is 0 Å². The minimum atomic E-state index is -0.448. The maximum atomic E-state index is 2.55. The fraction of sp³-hybridized carbons (Fsp3) is 0.0588. The number of para-hydroxylation sites is 3. The van der Waals surface area contributed by atoms with Crippen LogP contribution in [0.15, 0.2) is 249 Å². The Morgan fingerprint density at radius 3 is 1.66 bits per heavy atom. The number of rotatable bonds is 5. The largest absolute Gasteiger partial charge is 0.308 e. The predicted molar refractivity (Wildman–Crippen MR) is 295 cm³/mol. The SMILES string of the molecule is Cc1ccc2ccccc2c1.Cc1ccccc1-c1ccc(N(c2cccc3c2-c2ccccc2C32c3ccccc3-c3ccccc32)c2cccc3c4ccccc4n(-c4ccccc4)c23)cc1C. The first-order chi connectivity index (χ1) is 34.5. The molecule has 0 saturated heterocycles. The zero-order valence-corrected chi connectivity index (χ0v) is 39.6. The van der Waals surface area contributed by atoms with Crippen molar-refractivity contribution >= 4 is 49.6 Å². The van der Waals surface area contributed by atoms with Crippen molar-refractivity contribution in [3.8, 4) is 39.1 Å². The summed E-state index contributed by atoms with van der Waals surface area (Å²) in [6, 6.07) is 91.5. The highest BCUT2D eigenvalue weighted by Crippen LogP contribution is 2.65. The molecule has 1 aromatic heterocycles. The van der Waals surface area contributed by atoms with E-state index in [1.165, 1.54) is 105 Å². The Morgan fingerprint density at radius 2 is 0.914 bits per heavy atom. The first-order valence-electron chi connectivity index (χ1n) is 24.4. The van der Waals surface area contributed by atoms with Crippen molar-refractivity contribution < 1.29 is 0 Å². The van der Waals surface area contributed by atoms with Gasteiger partial charge in [0.1, 0.15) is 0 Å². The van der Waals surface area contributed by atoms with Crippen LogP contribution in [0, 0.1) is 20.8 Å². The smallest absolute Gasteiger partial charge is 0.0782 e. The van der Waals surface area contributed by atoms with Gasteiger partial charge >= 0.3 is 0 Å². The van der Waals surface area contributed by atoms with Crippen LogP contribution in [-0.2, 0) is 5.41 Å². The lowest BCUT2D eigenvalue weighted by Gasteiger charge is -2.32. The van der Waals surface area contributed by atoms with Gasteiger partial charge in [-0.25, -0.2) is 0 Å². The van der Waals surface area contributed by atoms with Crippen LogP contribution in [0.1, 0.15) is 38.9 Å².